The molecule has 0 unspecified atom stereocenters. The molecule has 0 aromatic carbocycles. The van der Waals surface area contributed by atoms with Crippen LogP contribution in [-0.4, -0.2) is 28.7 Å². The van der Waals surface area contributed by atoms with Gasteiger partial charge in [0.05, 0.1) is 6.61 Å². The first-order valence-electron chi connectivity index (χ1n) is 6.53. The number of carbonyl (C=O) groups excluding carboxylic acids is 1. The number of nitrogens with zero attached hydrogens (tertiary/aromatic N) is 1. The van der Waals surface area contributed by atoms with E-state index in [0.29, 0.717) is 26.1 Å². The Bertz CT molecular complexity index is 576. The summed E-state index contributed by atoms with van der Waals surface area (Å²) in [7, 11) is 0. The fourth-order valence-corrected chi connectivity index (χ4v) is 1.75. The van der Waals surface area contributed by atoms with Crippen molar-refractivity contribution >= 4 is 17.5 Å². The third kappa shape index (κ3) is 3.87. The van der Waals surface area contributed by atoms with Gasteiger partial charge in [-0.05, 0) is 20.3 Å². The van der Waals surface area contributed by atoms with E-state index in [9.17, 15) is 14.4 Å². The molecule has 0 amide bonds. The van der Waals surface area contributed by atoms with Gasteiger partial charge in [0.1, 0.15) is 11.5 Å². The molecule has 0 aliphatic rings. The Morgan fingerprint density at radius 3 is 2.70 bits per heavy atom. The van der Waals surface area contributed by atoms with Crippen molar-refractivity contribution < 1.29 is 9.53 Å². The second-order valence-corrected chi connectivity index (χ2v) is 4.10. The Labute approximate surface area is 115 Å². The van der Waals surface area contributed by atoms with Crippen LogP contribution in [-0.2, 0) is 16.1 Å². The van der Waals surface area contributed by atoms with Crippen LogP contribution in [0.5, 0.6) is 0 Å². The number of H-pyrrole nitrogens is 1. The molecular formula is C12H20N4O4. The predicted molar refractivity (Wildman–Crippen MR) is 75.8 cm³/mol. The van der Waals surface area contributed by atoms with Crippen molar-refractivity contribution in [2.24, 2.45) is 0 Å². The molecule has 0 radical (unpaired) electrons. The van der Waals surface area contributed by atoms with Gasteiger partial charge < -0.3 is 15.8 Å². The van der Waals surface area contributed by atoms with Crippen LogP contribution in [0.15, 0.2) is 9.59 Å². The summed E-state index contributed by atoms with van der Waals surface area (Å²) < 4.78 is 6.05. The molecule has 0 atom stereocenters. The SMILES string of the molecule is CCOC(=O)CCCNc1c(N)n(CC)c(=O)[nH]c1=O. The molecule has 0 aliphatic carbocycles. The summed E-state index contributed by atoms with van der Waals surface area (Å²) in [6.45, 7) is 4.58. The molecule has 0 saturated carbocycles. The Morgan fingerprint density at radius 2 is 2.10 bits per heavy atom. The minimum absolute atomic E-state index is 0.0948. The van der Waals surface area contributed by atoms with E-state index in [4.69, 9.17) is 10.5 Å². The third-order valence-corrected chi connectivity index (χ3v) is 2.72. The van der Waals surface area contributed by atoms with E-state index < -0.39 is 11.2 Å². The van der Waals surface area contributed by atoms with Crippen LogP contribution < -0.4 is 22.3 Å². The van der Waals surface area contributed by atoms with E-state index in [1.54, 1.807) is 13.8 Å². The van der Waals surface area contributed by atoms with Crippen molar-refractivity contribution in [1.29, 1.82) is 0 Å². The van der Waals surface area contributed by atoms with E-state index in [1.165, 1.54) is 4.57 Å². The van der Waals surface area contributed by atoms with Crippen LogP contribution in [0.25, 0.3) is 0 Å². The molecule has 4 N–H and O–H groups in total. The molecular weight excluding hydrogens is 264 g/mol. The Morgan fingerprint density at radius 1 is 1.40 bits per heavy atom. The van der Waals surface area contributed by atoms with Crippen molar-refractivity contribution in [2.75, 3.05) is 24.2 Å². The van der Waals surface area contributed by atoms with Crippen LogP contribution >= 0.6 is 0 Å². The van der Waals surface area contributed by atoms with Crippen molar-refractivity contribution in [3.8, 4) is 0 Å². The van der Waals surface area contributed by atoms with E-state index in [0.717, 1.165) is 0 Å². The number of hydrogen-bond donors (Lipinski definition) is 3. The van der Waals surface area contributed by atoms with Gasteiger partial charge in [0, 0.05) is 19.5 Å². The predicted octanol–water partition coefficient (Wildman–Crippen LogP) is -0.106. The van der Waals surface area contributed by atoms with E-state index in [-0.39, 0.29) is 23.9 Å². The molecule has 1 heterocycles. The van der Waals surface area contributed by atoms with Crippen LogP contribution in [0.3, 0.4) is 0 Å². The van der Waals surface area contributed by atoms with Gasteiger partial charge in [0.15, 0.2) is 0 Å². The number of nitrogen functional groups attached to an aromatic ring is 1. The maximum absolute atomic E-state index is 11.7. The van der Waals surface area contributed by atoms with E-state index in [1.807, 2.05) is 0 Å². The minimum Gasteiger partial charge on any atom is -0.466 e. The number of esters is 1. The lowest BCUT2D eigenvalue weighted by Crippen LogP contribution is -2.33. The zero-order chi connectivity index (χ0) is 15.1. The highest BCUT2D eigenvalue weighted by Gasteiger charge is 2.10. The van der Waals surface area contributed by atoms with Gasteiger partial charge >= 0.3 is 11.7 Å². The lowest BCUT2D eigenvalue weighted by atomic mass is 10.3. The van der Waals surface area contributed by atoms with Gasteiger partial charge in [-0.25, -0.2) is 4.79 Å². The Hall–Kier alpha value is -2.25. The quantitative estimate of drug-likeness (QED) is 0.475. The summed E-state index contributed by atoms with van der Waals surface area (Å²) in [5.41, 5.74) is 4.83. The number of carbonyl (C=O) groups is 1. The normalized spacial score (nSPS) is 10.3. The zero-order valence-corrected chi connectivity index (χ0v) is 11.7. The maximum atomic E-state index is 11.7. The van der Waals surface area contributed by atoms with Gasteiger partial charge in [-0.1, -0.05) is 0 Å². The van der Waals surface area contributed by atoms with Crippen LogP contribution in [0.4, 0.5) is 11.5 Å². The first-order valence-corrected chi connectivity index (χ1v) is 6.53. The average molecular weight is 284 g/mol. The molecule has 1 rings (SSSR count). The molecule has 0 saturated heterocycles. The second kappa shape index (κ2) is 7.37. The molecule has 112 valence electrons. The molecule has 0 aliphatic heterocycles. The van der Waals surface area contributed by atoms with Gasteiger partial charge in [-0.2, -0.15) is 0 Å². The summed E-state index contributed by atoms with van der Waals surface area (Å²) in [4.78, 5) is 36.5. The van der Waals surface area contributed by atoms with Gasteiger partial charge in [-0.15, -0.1) is 0 Å². The highest BCUT2D eigenvalue weighted by atomic mass is 16.5. The molecule has 0 spiro atoms. The standard InChI is InChI=1S/C12H20N4O4/c1-3-16-10(13)9(11(18)15-12(16)19)14-7-5-6-8(17)20-4-2/h14H,3-7,13H2,1-2H3,(H,15,18,19). The summed E-state index contributed by atoms with van der Waals surface area (Å²) in [5.74, 6) is -0.188. The number of hydrogen-bond acceptors (Lipinski definition) is 6. The van der Waals surface area contributed by atoms with Crippen molar-refractivity contribution in [2.45, 2.75) is 33.2 Å². The number of aromatic nitrogens is 2. The van der Waals surface area contributed by atoms with E-state index in [2.05, 4.69) is 10.3 Å². The van der Waals surface area contributed by atoms with Gasteiger partial charge in [0.25, 0.3) is 5.56 Å². The topological polar surface area (TPSA) is 119 Å². The number of rotatable bonds is 7. The highest BCUT2D eigenvalue weighted by molar-refractivity contribution is 5.69. The molecule has 20 heavy (non-hydrogen) atoms. The molecule has 1 aromatic heterocycles. The summed E-state index contributed by atoms with van der Waals surface area (Å²) in [6, 6.07) is 0. The summed E-state index contributed by atoms with van der Waals surface area (Å²) >= 11 is 0. The second-order valence-electron chi connectivity index (χ2n) is 4.10. The zero-order valence-electron chi connectivity index (χ0n) is 11.7. The molecule has 1 aromatic rings. The lowest BCUT2D eigenvalue weighted by molar-refractivity contribution is -0.143. The van der Waals surface area contributed by atoms with Crippen molar-refractivity contribution in [3.05, 3.63) is 20.8 Å². The van der Waals surface area contributed by atoms with Crippen LogP contribution in [0.2, 0.25) is 0 Å². The van der Waals surface area contributed by atoms with Crippen molar-refractivity contribution in [3.63, 3.8) is 0 Å². The van der Waals surface area contributed by atoms with Gasteiger partial charge in [0.2, 0.25) is 0 Å². The fraction of sp³-hybridized carbons (Fsp3) is 0.583. The highest BCUT2D eigenvalue weighted by Crippen LogP contribution is 2.09. The molecule has 8 nitrogen and oxygen atoms in total. The summed E-state index contributed by atoms with van der Waals surface area (Å²) in [6.07, 6.45) is 0.759. The van der Waals surface area contributed by atoms with Gasteiger partial charge in [-0.3, -0.25) is 19.1 Å². The minimum atomic E-state index is -0.562. The van der Waals surface area contributed by atoms with Crippen LogP contribution in [0.1, 0.15) is 26.7 Å². The first-order chi connectivity index (χ1) is 9.51. The maximum Gasteiger partial charge on any atom is 0.330 e. The monoisotopic (exact) mass is 284 g/mol. The Balaban J connectivity index is 2.67. The summed E-state index contributed by atoms with van der Waals surface area (Å²) in [5, 5.41) is 2.84. The van der Waals surface area contributed by atoms with Crippen LogP contribution in [0, 0.1) is 0 Å². The average Bonchev–Trinajstić information content (AvgIpc) is 2.38. The fourth-order valence-electron chi connectivity index (χ4n) is 1.75. The van der Waals surface area contributed by atoms with E-state index >= 15 is 0 Å². The molecule has 8 heteroatoms. The molecule has 0 bridgehead atoms. The van der Waals surface area contributed by atoms with Crippen molar-refractivity contribution in [1.82, 2.24) is 9.55 Å². The Kier molecular flexibility index (Phi) is 5.82. The number of aromatic amines is 1. The number of ether oxygens (including phenoxy) is 1. The first kappa shape index (κ1) is 15.8. The lowest BCUT2D eigenvalue weighted by Gasteiger charge is -2.12. The number of nitrogens with two attached hydrogens (primary N) is 1. The third-order valence-electron chi connectivity index (χ3n) is 2.72. The number of anilines is 2. The largest absolute Gasteiger partial charge is 0.466 e. The smallest absolute Gasteiger partial charge is 0.330 e. The number of nitrogens with one attached hydrogen (secondary N) is 2. The molecule has 0 fully saturated rings.